The molecule has 0 aliphatic carbocycles. The van der Waals surface area contributed by atoms with E-state index >= 15 is 0 Å². The lowest BCUT2D eigenvalue weighted by Crippen LogP contribution is -2.26. The number of carbonyl (C=O) groups is 1. The first-order valence-corrected chi connectivity index (χ1v) is 9.81. The van der Waals surface area contributed by atoms with Gasteiger partial charge in [0.25, 0.3) is 5.91 Å². The molecular formula is C20H22N4O2S. The van der Waals surface area contributed by atoms with Crippen molar-refractivity contribution < 1.29 is 4.79 Å². The Balaban J connectivity index is 1.92. The van der Waals surface area contributed by atoms with Crippen LogP contribution in [0.1, 0.15) is 47.0 Å². The largest absolute Gasteiger partial charge is 0.296 e. The number of rotatable bonds is 6. The van der Waals surface area contributed by atoms with Crippen LogP contribution in [0, 0.1) is 6.92 Å². The maximum absolute atomic E-state index is 12.7. The van der Waals surface area contributed by atoms with Crippen LogP contribution in [0.3, 0.4) is 0 Å². The third-order valence-corrected chi connectivity index (χ3v) is 5.29. The van der Waals surface area contributed by atoms with E-state index in [0.717, 1.165) is 35.5 Å². The fraction of sp³-hybridized carbons (Fsp3) is 0.300. The molecule has 2 heterocycles. The second-order valence-corrected chi connectivity index (χ2v) is 7.28. The maximum atomic E-state index is 12.7. The Hall–Kier alpha value is -2.80. The minimum atomic E-state index is -0.538. The predicted octanol–water partition coefficient (Wildman–Crippen LogP) is 3.76. The lowest BCUT2D eigenvalue weighted by molar-refractivity contribution is 0.101. The van der Waals surface area contributed by atoms with E-state index in [1.807, 2.05) is 30.3 Å². The number of hydrogen-bond donors (Lipinski definition) is 1. The summed E-state index contributed by atoms with van der Waals surface area (Å²) in [6, 6.07) is 10.8. The fourth-order valence-electron chi connectivity index (χ4n) is 2.84. The topological polar surface area (TPSA) is 76.9 Å². The summed E-state index contributed by atoms with van der Waals surface area (Å²) >= 11 is 1.45. The van der Waals surface area contributed by atoms with E-state index in [1.54, 1.807) is 11.6 Å². The third kappa shape index (κ3) is 4.14. The van der Waals surface area contributed by atoms with Gasteiger partial charge in [0.15, 0.2) is 10.8 Å². The Bertz CT molecular complexity index is 1010. The number of carbonyl (C=O) groups excluding carboxylic acids is 1. The number of hydrogen-bond acceptors (Lipinski definition) is 5. The number of benzene rings is 1. The number of nitrogens with zero attached hydrogens (tertiary/aromatic N) is 3. The minimum Gasteiger partial charge on any atom is -0.296 e. The van der Waals surface area contributed by atoms with E-state index in [4.69, 9.17) is 0 Å². The smallest absolute Gasteiger partial charge is 0.281 e. The van der Waals surface area contributed by atoms with Gasteiger partial charge in [0, 0.05) is 16.6 Å². The average molecular weight is 382 g/mol. The first-order chi connectivity index (χ1) is 13.0. The zero-order valence-electron chi connectivity index (χ0n) is 15.7. The molecule has 0 radical (unpaired) electrons. The summed E-state index contributed by atoms with van der Waals surface area (Å²) in [4.78, 5) is 30.7. The fourth-order valence-corrected chi connectivity index (χ4v) is 3.78. The van der Waals surface area contributed by atoms with Crippen LogP contribution in [0.2, 0.25) is 0 Å². The highest BCUT2D eigenvalue weighted by Gasteiger charge is 2.18. The molecule has 0 aliphatic rings. The van der Waals surface area contributed by atoms with Crippen molar-refractivity contribution in [2.24, 2.45) is 0 Å². The predicted molar refractivity (Wildman–Crippen MR) is 108 cm³/mol. The van der Waals surface area contributed by atoms with Crippen molar-refractivity contribution in [3.05, 3.63) is 68.6 Å². The third-order valence-electron chi connectivity index (χ3n) is 4.13. The summed E-state index contributed by atoms with van der Waals surface area (Å²) in [5, 5.41) is 7.54. The van der Waals surface area contributed by atoms with Gasteiger partial charge >= 0.3 is 0 Å². The highest BCUT2D eigenvalue weighted by Crippen LogP contribution is 2.25. The van der Waals surface area contributed by atoms with Gasteiger partial charge in [-0.3, -0.25) is 14.9 Å². The van der Waals surface area contributed by atoms with Gasteiger partial charge in [-0.25, -0.2) is 9.67 Å². The molecule has 1 amide bonds. The van der Waals surface area contributed by atoms with Gasteiger partial charge in [0.1, 0.15) is 0 Å². The molecule has 2 aromatic heterocycles. The average Bonchev–Trinajstić information content (AvgIpc) is 3.04. The van der Waals surface area contributed by atoms with Crippen molar-refractivity contribution >= 4 is 22.4 Å². The lowest BCUT2D eigenvalue weighted by Gasteiger charge is -2.10. The van der Waals surface area contributed by atoms with Crippen molar-refractivity contribution in [1.29, 1.82) is 0 Å². The standard InChI is InChI=1S/C20H22N4O2S/c1-4-9-15-17(5-2)27-20(21-15)22-19(26)18-16(25)12-13(3)24(23-18)14-10-7-6-8-11-14/h6-8,10-12H,4-5,9H2,1-3H3,(H,21,22,26). The second kappa shape index (κ2) is 8.26. The van der Waals surface area contributed by atoms with Crippen LogP contribution in [0.4, 0.5) is 5.13 Å². The van der Waals surface area contributed by atoms with Crippen LogP contribution in [-0.2, 0) is 12.8 Å². The number of aryl methyl sites for hydroxylation is 3. The normalized spacial score (nSPS) is 10.8. The lowest BCUT2D eigenvalue weighted by atomic mass is 10.2. The summed E-state index contributed by atoms with van der Waals surface area (Å²) in [5.41, 5.74) is 1.92. The number of amides is 1. The highest BCUT2D eigenvalue weighted by atomic mass is 32.1. The Labute approximate surface area is 161 Å². The molecule has 0 saturated heterocycles. The number of aromatic nitrogens is 3. The molecule has 0 saturated carbocycles. The monoisotopic (exact) mass is 382 g/mol. The van der Waals surface area contributed by atoms with Gasteiger partial charge in [-0.1, -0.05) is 38.5 Å². The number of nitrogens with one attached hydrogen (secondary N) is 1. The van der Waals surface area contributed by atoms with E-state index in [9.17, 15) is 9.59 Å². The molecule has 3 rings (SSSR count). The van der Waals surface area contributed by atoms with Crippen LogP contribution < -0.4 is 10.7 Å². The molecular weight excluding hydrogens is 360 g/mol. The first kappa shape index (κ1) is 19.0. The van der Waals surface area contributed by atoms with Gasteiger partial charge in [0.2, 0.25) is 5.43 Å². The summed E-state index contributed by atoms with van der Waals surface area (Å²) in [6.45, 7) is 5.95. The molecule has 1 aromatic carbocycles. The van der Waals surface area contributed by atoms with E-state index in [1.165, 1.54) is 17.4 Å². The van der Waals surface area contributed by atoms with Crippen molar-refractivity contribution in [1.82, 2.24) is 14.8 Å². The summed E-state index contributed by atoms with van der Waals surface area (Å²) < 4.78 is 1.60. The van der Waals surface area contributed by atoms with Gasteiger partial charge < -0.3 is 0 Å². The molecule has 7 heteroatoms. The molecule has 0 unspecified atom stereocenters. The molecule has 0 atom stereocenters. The quantitative estimate of drug-likeness (QED) is 0.704. The van der Waals surface area contributed by atoms with Crippen molar-refractivity contribution in [3.8, 4) is 5.69 Å². The first-order valence-electron chi connectivity index (χ1n) is 8.99. The molecule has 6 nitrogen and oxygen atoms in total. The molecule has 0 bridgehead atoms. The molecule has 3 aromatic rings. The Morgan fingerprint density at radius 2 is 1.96 bits per heavy atom. The van der Waals surface area contributed by atoms with Gasteiger partial charge in [-0.2, -0.15) is 5.10 Å². The number of thiazole rings is 1. The second-order valence-electron chi connectivity index (χ2n) is 6.19. The van der Waals surface area contributed by atoms with Gasteiger partial charge in [0.05, 0.1) is 11.4 Å². The van der Waals surface area contributed by atoms with Crippen LogP contribution in [-0.4, -0.2) is 20.7 Å². The zero-order chi connectivity index (χ0) is 19.4. The Kier molecular flexibility index (Phi) is 5.81. The molecule has 0 fully saturated rings. The summed E-state index contributed by atoms with van der Waals surface area (Å²) in [7, 11) is 0. The van der Waals surface area contributed by atoms with Crippen LogP contribution in [0.15, 0.2) is 41.2 Å². The van der Waals surface area contributed by atoms with E-state index in [0.29, 0.717) is 10.8 Å². The van der Waals surface area contributed by atoms with Crippen LogP contribution >= 0.6 is 11.3 Å². The van der Waals surface area contributed by atoms with Crippen molar-refractivity contribution in [2.75, 3.05) is 5.32 Å². The maximum Gasteiger partial charge on any atom is 0.281 e. The van der Waals surface area contributed by atoms with E-state index in [2.05, 4.69) is 29.2 Å². The molecule has 27 heavy (non-hydrogen) atoms. The minimum absolute atomic E-state index is 0.144. The van der Waals surface area contributed by atoms with Gasteiger partial charge in [-0.15, -0.1) is 11.3 Å². The van der Waals surface area contributed by atoms with Crippen LogP contribution in [0.25, 0.3) is 5.69 Å². The van der Waals surface area contributed by atoms with E-state index < -0.39 is 11.3 Å². The van der Waals surface area contributed by atoms with Crippen LogP contribution in [0.5, 0.6) is 0 Å². The van der Waals surface area contributed by atoms with Crippen molar-refractivity contribution in [2.45, 2.75) is 40.0 Å². The highest BCUT2D eigenvalue weighted by molar-refractivity contribution is 7.15. The number of anilines is 1. The zero-order valence-corrected chi connectivity index (χ0v) is 16.5. The molecule has 0 spiro atoms. The SMILES string of the molecule is CCCc1nc(NC(=O)c2nn(-c3ccccc3)c(C)cc2=O)sc1CC. The molecule has 1 N–H and O–H groups in total. The number of para-hydroxylation sites is 1. The summed E-state index contributed by atoms with van der Waals surface area (Å²) in [5.74, 6) is -0.538. The molecule has 0 aliphatic heterocycles. The Morgan fingerprint density at radius 3 is 2.63 bits per heavy atom. The Morgan fingerprint density at radius 1 is 1.22 bits per heavy atom. The van der Waals surface area contributed by atoms with E-state index in [-0.39, 0.29) is 5.69 Å². The van der Waals surface area contributed by atoms with Crippen molar-refractivity contribution in [3.63, 3.8) is 0 Å². The summed E-state index contributed by atoms with van der Waals surface area (Å²) in [6.07, 6.45) is 2.73. The van der Waals surface area contributed by atoms with Gasteiger partial charge in [-0.05, 0) is 31.9 Å². The molecule has 140 valence electrons.